The Kier molecular flexibility index (Phi) is 12.5. The zero-order valence-corrected chi connectivity index (χ0v) is 28.2. The maximum atomic E-state index is 14.4. The molecule has 1 saturated carbocycles. The molecule has 10 nitrogen and oxygen atoms in total. The van der Waals surface area contributed by atoms with E-state index in [9.17, 15) is 22.4 Å². The van der Waals surface area contributed by atoms with E-state index in [1.54, 1.807) is 43.3 Å². The highest BCUT2D eigenvalue weighted by Gasteiger charge is 2.35. The van der Waals surface area contributed by atoms with Crippen LogP contribution in [0.3, 0.4) is 0 Å². The maximum Gasteiger partial charge on any atom is 0.264 e. The molecule has 0 unspecified atom stereocenters. The Morgan fingerprint density at radius 1 is 0.915 bits per heavy atom. The summed E-state index contributed by atoms with van der Waals surface area (Å²) in [6, 6.07) is 15.4. The molecular formula is C35H44FN3O7S. The van der Waals surface area contributed by atoms with Gasteiger partial charge in [0, 0.05) is 18.7 Å². The van der Waals surface area contributed by atoms with Crippen molar-refractivity contribution in [2.75, 3.05) is 31.7 Å². The number of carbonyl (C=O) groups is 2. The fourth-order valence-electron chi connectivity index (χ4n) is 5.76. The van der Waals surface area contributed by atoms with Gasteiger partial charge in [-0.05, 0) is 80.3 Å². The number of methoxy groups -OCH3 is 2. The maximum absolute atomic E-state index is 14.4. The highest BCUT2D eigenvalue weighted by molar-refractivity contribution is 7.92. The van der Waals surface area contributed by atoms with Gasteiger partial charge in [-0.1, -0.05) is 38.3 Å². The van der Waals surface area contributed by atoms with Gasteiger partial charge in [0.2, 0.25) is 11.8 Å². The van der Waals surface area contributed by atoms with E-state index in [0.29, 0.717) is 23.7 Å². The Morgan fingerprint density at radius 3 is 2.17 bits per heavy atom. The van der Waals surface area contributed by atoms with Crippen molar-refractivity contribution < 1.29 is 36.6 Å². The quantitative estimate of drug-likeness (QED) is 0.221. The summed E-state index contributed by atoms with van der Waals surface area (Å²) in [5.41, 5.74) is 0.817. The molecule has 0 spiro atoms. The number of nitrogens with zero attached hydrogens (tertiary/aromatic N) is 2. The van der Waals surface area contributed by atoms with E-state index in [4.69, 9.17) is 14.2 Å². The number of halogens is 1. The first-order valence-corrected chi connectivity index (χ1v) is 17.4. The van der Waals surface area contributed by atoms with Crippen LogP contribution in [0.25, 0.3) is 0 Å². The molecular weight excluding hydrogens is 625 g/mol. The van der Waals surface area contributed by atoms with Crippen LogP contribution in [0.15, 0.2) is 71.6 Å². The van der Waals surface area contributed by atoms with Crippen molar-refractivity contribution in [2.24, 2.45) is 0 Å². The molecule has 0 bridgehead atoms. The molecule has 254 valence electrons. The molecule has 0 saturated heterocycles. The predicted molar refractivity (Wildman–Crippen MR) is 178 cm³/mol. The van der Waals surface area contributed by atoms with E-state index in [2.05, 4.69) is 5.32 Å². The summed E-state index contributed by atoms with van der Waals surface area (Å²) in [4.78, 5) is 29.3. The van der Waals surface area contributed by atoms with Gasteiger partial charge in [-0.3, -0.25) is 13.9 Å². The molecule has 4 rings (SSSR count). The molecule has 47 heavy (non-hydrogen) atoms. The smallest absolute Gasteiger partial charge is 0.264 e. The number of benzene rings is 3. The van der Waals surface area contributed by atoms with Gasteiger partial charge in [0.05, 0.1) is 31.4 Å². The second-order valence-corrected chi connectivity index (χ2v) is 13.2. The largest absolute Gasteiger partial charge is 0.494 e. The summed E-state index contributed by atoms with van der Waals surface area (Å²) in [6.07, 6.45) is 5.17. The third-order valence-electron chi connectivity index (χ3n) is 8.26. The molecule has 3 aromatic rings. The van der Waals surface area contributed by atoms with E-state index in [0.717, 1.165) is 36.4 Å². The molecule has 12 heteroatoms. The lowest BCUT2D eigenvalue weighted by Gasteiger charge is -2.34. The minimum absolute atomic E-state index is 0.0128. The molecule has 0 aliphatic heterocycles. The van der Waals surface area contributed by atoms with Crippen LogP contribution in [0.2, 0.25) is 0 Å². The number of anilines is 1. The molecule has 1 fully saturated rings. The monoisotopic (exact) mass is 669 g/mol. The van der Waals surface area contributed by atoms with Crippen LogP contribution >= 0.6 is 0 Å². The number of ether oxygens (including phenoxy) is 3. The lowest BCUT2D eigenvalue weighted by Crippen LogP contribution is -2.54. The SMILES string of the molecule is CCOc1ccc(N(CC(=O)N(Cc2ccc(F)cc2)[C@H](CC)C(=O)NC2CCCCC2)S(=O)(=O)c2ccc(OC)c(OC)c2)cc1. The Balaban J connectivity index is 1.74. The standard InChI is InChI=1S/C35H44FN3O7S/c1-5-31(35(41)37-27-10-8-7-9-11-27)38(23-25-12-14-26(36)15-13-25)34(40)24-39(28-16-18-29(19-17-28)46-6-2)47(42,43)30-20-21-32(44-3)33(22-30)45-4/h12-22,27,31H,5-11,23-24H2,1-4H3,(H,37,41)/t31-/m1/s1. The van der Waals surface area contributed by atoms with Crippen molar-refractivity contribution in [1.29, 1.82) is 0 Å². The summed E-state index contributed by atoms with van der Waals surface area (Å²) in [5, 5.41) is 3.12. The zero-order chi connectivity index (χ0) is 34.0. The average Bonchev–Trinajstić information content (AvgIpc) is 3.08. The van der Waals surface area contributed by atoms with Crippen LogP contribution in [0.4, 0.5) is 10.1 Å². The highest BCUT2D eigenvalue weighted by Crippen LogP contribution is 2.33. The van der Waals surface area contributed by atoms with Crippen LogP contribution in [0.5, 0.6) is 17.2 Å². The van der Waals surface area contributed by atoms with Gasteiger partial charge in [-0.25, -0.2) is 12.8 Å². The third-order valence-corrected chi connectivity index (χ3v) is 10.0. The van der Waals surface area contributed by atoms with Crippen LogP contribution in [-0.4, -0.2) is 64.6 Å². The van der Waals surface area contributed by atoms with Crippen molar-refractivity contribution in [3.8, 4) is 17.2 Å². The van der Waals surface area contributed by atoms with Gasteiger partial charge in [0.15, 0.2) is 11.5 Å². The second-order valence-electron chi connectivity index (χ2n) is 11.4. The molecule has 1 aliphatic carbocycles. The molecule has 1 N–H and O–H groups in total. The Labute approximate surface area is 276 Å². The number of rotatable bonds is 15. The van der Waals surface area contributed by atoms with E-state index in [1.807, 2.05) is 6.92 Å². The molecule has 0 heterocycles. The van der Waals surface area contributed by atoms with Gasteiger partial charge in [-0.15, -0.1) is 0 Å². The van der Waals surface area contributed by atoms with E-state index in [1.165, 1.54) is 49.5 Å². The Bertz CT molecular complexity index is 1590. The lowest BCUT2D eigenvalue weighted by molar-refractivity contribution is -0.140. The fraction of sp³-hybridized carbons (Fsp3) is 0.429. The molecule has 2 amide bonds. The summed E-state index contributed by atoms with van der Waals surface area (Å²) in [5.74, 6) is -0.251. The number of nitrogens with one attached hydrogen (secondary N) is 1. The average molecular weight is 670 g/mol. The van der Waals surface area contributed by atoms with Gasteiger partial charge in [-0.2, -0.15) is 0 Å². The van der Waals surface area contributed by atoms with Crippen molar-refractivity contribution >= 4 is 27.5 Å². The number of amides is 2. The van der Waals surface area contributed by atoms with E-state index in [-0.39, 0.29) is 41.2 Å². The van der Waals surface area contributed by atoms with Gasteiger partial charge in [0.1, 0.15) is 24.2 Å². The molecule has 1 atom stereocenters. The van der Waals surface area contributed by atoms with Crippen LogP contribution < -0.4 is 23.8 Å². The van der Waals surface area contributed by atoms with Gasteiger partial charge >= 0.3 is 0 Å². The minimum atomic E-state index is -4.36. The summed E-state index contributed by atoms with van der Waals surface area (Å²) in [6.45, 7) is 3.43. The van der Waals surface area contributed by atoms with Crippen LogP contribution in [0, 0.1) is 5.82 Å². The number of hydrogen-bond donors (Lipinski definition) is 1. The van der Waals surface area contributed by atoms with Crippen molar-refractivity contribution in [3.05, 3.63) is 78.1 Å². The van der Waals surface area contributed by atoms with Crippen molar-refractivity contribution in [1.82, 2.24) is 10.2 Å². The topological polar surface area (TPSA) is 114 Å². The Morgan fingerprint density at radius 2 is 1.57 bits per heavy atom. The lowest BCUT2D eigenvalue weighted by atomic mass is 9.95. The fourth-order valence-corrected chi connectivity index (χ4v) is 7.19. The highest BCUT2D eigenvalue weighted by atomic mass is 32.2. The third kappa shape index (κ3) is 8.94. The molecule has 1 aliphatic rings. The van der Waals surface area contributed by atoms with Crippen LogP contribution in [0.1, 0.15) is 57.9 Å². The molecule has 0 radical (unpaired) electrons. The summed E-state index contributed by atoms with van der Waals surface area (Å²) in [7, 11) is -1.51. The number of sulfonamides is 1. The first-order chi connectivity index (χ1) is 22.6. The number of carbonyl (C=O) groups excluding carboxylic acids is 2. The van der Waals surface area contributed by atoms with E-state index < -0.39 is 34.3 Å². The minimum Gasteiger partial charge on any atom is -0.494 e. The zero-order valence-electron chi connectivity index (χ0n) is 27.4. The van der Waals surface area contributed by atoms with Crippen LogP contribution in [-0.2, 0) is 26.2 Å². The number of hydrogen-bond acceptors (Lipinski definition) is 7. The Hall–Kier alpha value is -4.32. The van der Waals surface area contributed by atoms with Crippen molar-refractivity contribution in [3.63, 3.8) is 0 Å². The van der Waals surface area contributed by atoms with E-state index >= 15 is 0 Å². The first-order valence-electron chi connectivity index (χ1n) is 15.9. The predicted octanol–water partition coefficient (Wildman–Crippen LogP) is 5.69. The summed E-state index contributed by atoms with van der Waals surface area (Å²) < 4.78 is 59.6. The van der Waals surface area contributed by atoms with Gasteiger partial charge in [0.25, 0.3) is 10.0 Å². The van der Waals surface area contributed by atoms with Crippen molar-refractivity contribution in [2.45, 2.75) is 75.9 Å². The molecule has 3 aromatic carbocycles. The first kappa shape index (κ1) is 35.5. The molecule has 0 aromatic heterocycles. The summed E-state index contributed by atoms with van der Waals surface area (Å²) >= 11 is 0. The van der Waals surface area contributed by atoms with Gasteiger partial charge < -0.3 is 24.4 Å². The normalized spacial score (nSPS) is 14.1. The second kappa shape index (κ2) is 16.5.